The summed E-state index contributed by atoms with van der Waals surface area (Å²) in [5.74, 6) is -0.163. The van der Waals surface area contributed by atoms with E-state index in [1.165, 1.54) is 6.20 Å². The van der Waals surface area contributed by atoms with E-state index >= 15 is 0 Å². The van der Waals surface area contributed by atoms with Crippen LogP contribution in [-0.2, 0) is 4.79 Å². The second-order valence-corrected chi connectivity index (χ2v) is 7.54. The molecule has 3 N–H and O–H groups in total. The van der Waals surface area contributed by atoms with E-state index in [1.54, 1.807) is 6.20 Å². The van der Waals surface area contributed by atoms with Crippen molar-refractivity contribution >= 4 is 33.5 Å². The number of carbonyl (C=O) groups is 2. The van der Waals surface area contributed by atoms with Gasteiger partial charge in [0.15, 0.2) is 0 Å². The Balaban J connectivity index is 1.76. The molecule has 2 aliphatic rings. The van der Waals surface area contributed by atoms with Crippen LogP contribution in [0, 0.1) is 5.41 Å². The highest BCUT2D eigenvalue weighted by molar-refractivity contribution is 6.15. The molecule has 2 aliphatic heterocycles. The minimum Gasteiger partial charge on any atom is -0.365 e. The lowest BCUT2D eigenvalue weighted by Gasteiger charge is -2.41. The maximum atomic E-state index is 12.7. The minimum absolute atomic E-state index is 0.335. The van der Waals surface area contributed by atoms with E-state index in [4.69, 9.17) is 5.73 Å². The first kappa shape index (κ1) is 16.3. The number of nitrogens with two attached hydrogens (primary N) is 1. The number of hydrogen-bond acceptors (Lipinski definition) is 5. The smallest absolute Gasteiger partial charge is 0.252 e. The number of piperidine rings is 1. The molecular formula is C20H21N5O2. The van der Waals surface area contributed by atoms with Crippen molar-refractivity contribution in [3.63, 3.8) is 0 Å². The molecule has 2 aromatic heterocycles. The zero-order valence-electron chi connectivity index (χ0n) is 14.9. The van der Waals surface area contributed by atoms with Crippen molar-refractivity contribution in [2.45, 2.75) is 12.8 Å². The molecule has 0 radical (unpaired) electrons. The summed E-state index contributed by atoms with van der Waals surface area (Å²) in [5, 5.41) is 7.47. The second-order valence-electron chi connectivity index (χ2n) is 7.54. The van der Waals surface area contributed by atoms with Gasteiger partial charge in [0.05, 0.1) is 22.0 Å². The number of nitrogens with one attached hydrogen (secondary N) is 1. The van der Waals surface area contributed by atoms with Crippen molar-refractivity contribution in [1.82, 2.24) is 15.0 Å². The zero-order chi connectivity index (χ0) is 18.6. The predicted molar refractivity (Wildman–Crippen MR) is 103 cm³/mol. The van der Waals surface area contributed by atoms with Crippen molar-refractivity contribution < 1.29 is 9.59 Å². The van der Waals surface area contributed by atoms with Crippen molar-refractivity contribution in [3.05, 3.63) is 42.2 Å². The summed E-state index contributed by atoms with van der Waals surface area (Å²) < 4.78 is 2.08. The fraction of sp³-hybridized carbons (Fsp3) is 0.350. The lowest BCUT2D eigenvalue weighted by atomic mass is 9.78. The normalized spacial score (nSPS) is 23.0. The fourth-order valence-electron chi connectivity index (χ4n) is 4.66. The molecule has 0 saturated carbocycles. The summed E-state index contributed by atoms with van der Waals surface area (Å²) in [6.07, 6.45) is 4.67. The van der Waals surface area contributed by atoms with Crippen LogP contribution in [0.5, 0.6) is 0 Å². The number of rotatable bonds is 2. The Kier molecular flexibility index (Phi) is 3.48. The van der Waals surface area contributed by atoms with Gasteiger partial charge < -0.3 is 16.1 Å². The summed E-state index contributed by atoms with van der Waals surface area (Å²) in [5.41, 5.74) is 7.48. The average molecular weight is 363 g/mol. The molecule has 7 nitrogen and oxygen atoms in total. The van der Waals surface area contributed by atoms with Crippen LogP contribution in [0.25, 0.3) is 21.8 Å². The van der Waals surface area contributed by atoms with Crippen LogP contribution in [0.4, 0.5) is 0 Å². The standard InChI is InChI=1S/C20H21N5O2/c21-19(27)15-10-23-9-14-13-3-1-2-4-16(13)25(18(14)15)24-8-5-17(26)20(12-24)6-7-22-11-20/h1-4,9-10,22H,5-8,11-12H2,(H2,21,27). The van der Waals surface area contributed by atoms with Crippen LogP contribution < -0.4 is 16.1 Å². The largest absolute Gasteiger partial charge is 0.365 e. The molecule has 4 heterocycles. The Morgan fingerprint density at radius 2 is 2.07 bits per heavy atom. The van der Waals surface area contributed by atoms with Gasteiger partial charge in [0.1, 0.15) is 5.78 Å². The molecule has 138 valence electrons. The van der Waals surface area contributed by atoms with E-state index in [0.717, 1.165) is 34.8 Å². The van der Waals surface area contributed by atoms with Gasteiger partial charge >= 0.3 is 0 Å². The molecule has 27 heavy (non-hydrogen) atoms. The Morgan fingerprint density at radius 1 is 1.22 bits per heavy atom. The van der Waals surface area contributed by atoms with E-state index in [0.29, 0.717) is 37.4 Å². The fourth-order valence-corrected chi connectivity index (χ4v) is 4.66. The van der Waals surface area contributed by atoms with Crippen LogP contribution in [0.3, 0.4) is 0 Å². The highest BCUT2D eigenvalue weighted by atomic mass is 16.1. The molecule has 2 fully saturated rings. The Hall–Kier alpha value is -2.93. The molecule has 0 bridgehead atoms. The maximum Gasteiger partial charge on any atom is 0.252 e. The van der Waals surface area contributed by atoms with Gasteiger partial charge in [-0.3, -0.25) is 19.2 Å². The average Bonchev–Trinajstić information content (AvgIpc) is 3.27. The number of aromatic nitrogens is 2. The summed E-state index contributed by atoms with van der Waals surface area (Å²) in [7, 11) is 0. The van der Waals surface area contributed by atoms with E-state index in [9.17, 15) is 9.59 Å². The molecule has 1 aromatic carbocycles. The minimum atomic E-state index is -0.498. The molecule has 1 spiro atoms. The van der Waals surface area contributed by atoms with Gasteiger partial charge in [0, 0.05) is 49.2 Å². The summed E-state index contributed by atoms with van der Waals surface area (Å²) in [6.45, 7) is 2.83. The van der Waals surface area contributed by atoms with Crippen molar-refractivity contribution in [2.75, 3.05) is 31.2 Å². The molecule has 2 saturated heterocycles. The monoisotopic (exact) mass is 363 g/mol. The van der Waals surface area contributed by atoms with Crippen molar-refractivity contribution in [3.8, 4) is 0 Å². The predicted octanol–water partition coefficient (Wildman–Crippen LogP) is 1.18. The van der Waals surface area contributed by atoms with Gasteiger partial charge in [0.25, 0.3) is 5.91 Å². The summed E-state index contributed by atoms with van der Waals surface area (Å²) in [4.78, 5) is 29.0. The highest BCUT2D eigenvalue weighted by Crippen LogP contribution is 2.36. The quantitative estimate of drug-likeness (QED) is 0.713. The molecule has 5 rings (SSSR count). The topological polar surface area (TPSA) is 93.2 Å². The first-order valence-corrected chi connectivity index (χ1v) is 9.27. The first-order chi connectivity index (χ1) is 13.1. The third-order valence-electron chi connectivity index (χ3n) is 6.02. The molecule has 7 heteroatoms. The Labute approximate surface area is 156 Å². The van der Waals surface area contributed by atoms with E-state index in [2.05, 4.69) is 20.0 Å². The number of benzene rings is 1. The third kappa shape index (κ3) is 2.28. The van der Waals surface area contributed by atoms with Crippen LogP contribution in [-0.4, -0.2) is 47.5 Å². The highest BCUT2D eigenvalue weighted by Gasteiger charge is 2.45. The molecule has 1 unspecified atom stereocenters. The number of amides is 1. The van der Waals surface area contributed by atoms with Gasteiger partial charge in [-0.1, -0.05) is 18.2 Å². The lowest BCUT2D eigenvalue weighted by molar-refractivity contribution is -0.128. The SMILES string of the molecule is NC(=O)c1cncc2c3ccccc3n(N3CCC(=O)C4(CCNC4)C3)c12. The second kappa shape index (κ2) is 5.79. The van der Waals surface area contributed by atoms with Crippen LogP contribution in [0.1, 0.15) is 23.2 Å². The van der Waals surface area contributed by atoms with Crippen LogP contribution >= 0.6 is 0 Å². The number of ketones is 1. The number of Topliss-reactive ketones (excluding diaryl/α,β-unsaturated/α-hetero) is 1. The number of primary amides is 1. The summed E-state index contributed by atoms with van der Waals surface area (Å²) >= 11 is 0. The Bertz CT molecular complexity index is 1080. The summed E-state index contributed by atoms with van der Waals surface area (Å²) in [6, 6.07) is 8.03. The molecule has 3 aromatic rings. The van der Waals surface area contributed by atoms with E-state index < -0.39 is 5.91 Å². The van der Waals surface area contributed by atoms with E-state index in [1.807, 2.05) is 24.3 Å². The van der Waals surface area contributed by atoms with Crippen molar-refractivity contribution in [2.24, 2.45) is 11.1 Å². The van der Waals surface area contributed by atoms with Gasteiger partial charge in [-0.2, -0.15) is 0 Å². The molecule has 0 aliphatic carbocycles. The number of para-hydroxylation sites is 1. The first-order valence-electron chi connectivity index (χ1n) is 9.27. The number of nitrogens with zero attached hydrogens (tertiary/aromatic N) is 3. The zero-order valence-corrected chi connectivity index (χ0v) is 14.9. The third-order valence-corrected chi connectivity index (χ3v) is 6.02. The van der Waals surface area contributed by atoms with E-state index in [-0.39, 0.29) is 5.41 Å². The lowest BCUT2D eigenvalue weighted by Crippen LogP contribution is -2.54. The number of carbonyl (C=O) groups excluding carboxylic acids is 2. The van der Waals surface area contributed by atoms with Crippen molar-refractivity contribution in [1.29, 1.82) is 0 Å². The van der Waals surface area contributed by atoms with Gasteiger partial charge in [0.2, 0.25) is 0 Å². The van der Waals surface area contributed by atoms with Gasteiger partial charge in [-0.25, -0.2) is 0 Å². The van der Waals surface area contributed by atoms with Gasteiger partial charge in [-0.05, 0) is 19.0 Å². The number of pyridine rings is 1. The van der Waals surface area contributed by atoms with Crippen LogP contribution in [0.15, 0.2) is 36.7 Å². The number of hydrogen-bond donors (Lipinski definition) is 2. The maximum absolute atomic E-state index is 12.7. The Morgan fingerprint density at radius 3 is 2.85 bits per heavy atom. The van der Waals surface area contributed by atoms with Gasteiger partial charge in [-0.15, -0.1) is 0 Å². The van der Waals surface area contributed by atoms with Crippen LogP contribution in [0.2, 0.25) is 0 Å². The number of fused-ring (bicyclic) bond motifs is 3. The molecule has 1 atom stereocenters. The molecule has 1 amide bonds. The molecular weight excluding hydrogens is 342 g/mol.